The average molecular weight is 470 g/mol. The minimum absolute atomic E-state index is 0.185. The lowest BCUT2D eigenvalue weighted by Crippen LogP contribution is -2.38. The highest BCUT2D eigenvalue weighted by atomic mass is 16.6. The maximum Gasteiger partial charge on any atom is 0.410 e. The van der Waals surface area contributed by atoms with Gasteiger partial charge in [-0.1, -0.05) is 31.9 Å². The molecule has 1 N–H and O–H groups in total. The third-order valence-corrected chi connectivity index (χ3v) is 4.79. The van der Waals surface area contributed by atoms with Crippen LogP contribution in [0.2, 0.25) is 0 Å². The Kier molecular flexibility index (Phi) is 15.7. The van der Waals surface area contributed by atoms with Gasteiger partial charge in [-0.15, -0.1) is 0 Å². The van der Waals surface area contributed by atoms with Crippen molar-refractivity contribution < 1.29 is 38.4 Å². The summed E-state index contributed by atoms with van der Waals surface area (Å²) in [6, 6.07) is 7.17. The van der Waals surface area contributed by atoms with E-state index < -0.39 is 18.2 Å². The molecule has 1 aromatic rings. The van der Waals surface area contributed by atoms with E-state index in [1.807, 2.05) is 12.1 Å². The third kappa shape index (κ3) is 13.1. The Morgan fingerprint density at radius 1 is 0.970 bits per heavy atom. The Labute approximate surface area is 196 Å². The van der Waals surface area contributed by atoms with Crippen molar-refractivity contribution in [3.8, 4) is 5.75 Å². The van der Waals surface area contributed by atoms with Crippen molar-refractivity contribution in [2.45, 2.75) is 45.6 Å². The van der Waals surface area contributed by atoms with Gasteiger partial charge in [0.05, 0.1) is 19.8 Å². The molecule has 0 spiro atoms. The number of hydrogen-bond donors (Lipinski definition) is 1. The summed E-state index contributed by atoms with van der Waals surface area (Å²) in [4.78, 5) is 25.2. The van der Waals surface area contributed by atoms with Crippen molar-refractivity contribution >= 4 is 12.1 Å². The number of carbonyl (C=O) groups is 2. The predicted octanol–water partition coefficient (Wildman–Crippen LogP) is 3.39. The smallest absolute Gasteiger partial charge is 0.410 e. The van der Waals surface area contributed by atoms with Gasteiger partial charge in [0.25, 0.3) is 0 Å². The molecule has 0 heterocycles. The van der Waals surface area contributed by atoms with Gasteiger partial charge in [0.1, 0.15) is 19.0 Å². The number of aliphatic carboxylic acids is 1. The lowest BCUT2D eigenvalue weighted by molar-refractivity contribution is -0.149. The summed E-state index contributed by atoms with van der Waals surface area (Å²) < 4.78 is 26.8. The number of carboxylic acids is 1. The van der Waals surface area contributed by atoms with E-state index in [1.54, 1.807) is 31.1 Å². The van der Waals surface area contributed by atoms with Crippen LogP contribution in [0.15, 0.2) is 24.3 Å². The van der Waals surface area contributed by atoms with Crippen molar-refractivity contribution in [2.75, 3.05) is 59.8 Å². The number of nitrogens with zero attached hydrogens (tertiary/aromatic N) is 1. The Hall–Kier alpha value is -2.36. The number of hydrogen-bond acceptors (Lipinski definition) is 7. The quantitative estimate of drug-likeness (QED) is 0.308. The molecule has 9 heteroatoms. The number of rotatable bonds is 19. The Morgan fingerprint density at radius 2 is 1.70 bits per heavy atom. The monoisotopic (exact) mass is 469 g/mol. The van der Waals surface area contributed by atoms with Gasteiger partial charge in [0, 0.05) is 33.3 Å². The van der Waals surface area contributed by atoms with Gasteiger partial charge in [0.2, 0.25) is 0 Å². The van der Waals surface area contributed by atoms with E-state index in [0.717, 1.165) is 24.8 Å². The summed E-state index contributed by atoms with van der Waals surface area (Å²) in [7, 11) is 1.55. The number of ether oxygens (including phenoxy) is 5. The van der Waals surface area contributed by atoms with Crippen LogP contribution in [0.3, 0.4) is 0 Å². The van der Waals surface area contributed by atoms with E-state index >= 15 is 0 Å². The Balaban J connectivity index is 2.50. The number of amides is 1. The SMILES string of the molecule is CCCCCOCCN(CCOc1ccc(CC(OCC)C(=O)O)cc1)C(=O)OCCOC. The summed E-state index contributed by atoms with van der Waals surface area (Å²) >= 11 is 0. The summed E-state index contributed by atoms with van der Waals surface area (Å²) in [5.74, 6) is -0.352. The standard InChI is InChI=1S/C24H39NO8/c1-4-6-7-14-30-15-12-25(24(28)33-18-17-29-3)13-16-32-21-10-8-20(9-11-21)19-22(23(26)27)31-5-2/h8-11,22H,4-7,12-19H2,1-3H3,(H,26,27). The first kappa shape index (κ1) is 28.7. The van der Waals surface area contributed by atoms with Gasteiger partial charge < -0.3 is 33.7 Å². The third-order valence-electron chi connectivity index (χ3n) is 4.79. The Morgan fingerprint density at radius 3 is 2.33 bits per heavy atom. The van der Waals surface area contributed by atoms with Gasteiger partial charge in [-0.05, 0) is 31.0 Å². The fourth-order valence-electron chi connectivity index (χ4n) is 2.96. The van der Waals surface area contributed by atoms with Crippen molar-refractivity contribution in [3.63, 3.8) is 0 Å². The van der Waals surface area contributed by atoms with E-state index in [2.05, 4.69) is 6.92 Å². The minimum Gasteiger partial charge on any atom is -0.492 e. The second kappa shape index (κ2) is 18.1. The molecule has 0 saturated carbocycles. The zero-order chi connectivity index (χ0) is 24.3. The molecule has 1 atom stereocenters. The molecule has 9 nitrogen and oxygen atoms in total. The van der Waals surface area contributed by atoms with Crippen LogP contribution in [0.4, 0.5) is 4.79 Å². The highest BCUT2D eigenvalue weighted by molar-refractivity contribution is 5.72. The molecular formula is C24H39NO8. The van der Waals surface area contributed by atoms with Crippen LogP contribution in [0, 0.1) is 0 Å². The van der Waals surface area contributed by atoms with E-state index in [9.17, 15) is 14.7 Å². The van der Waals surface area contributed by atoms with Gasteiger partial charge in [0.15, 0.2) is 6.10 Å². The van der Waals surface area contributed by atoms with Crippen LogP contribution >= 0.6 is 0 Å². The summed E-state index contributed by atoms with van der Waals surface area (Å²) in [6.07, 6.45) is 2.24. The summed E-state index contributed by atoms with van der Waals surface area (Å²) in [5.41, 5.74) is 0.840. The number of carbonyl (C=O) groups excluding carboxylic acids is 1. The van der Waals surface area contributed by atoms with Crippen LogP contribution < -0.4 is 4.74 Å². The second-order valence-electron chi connectivity index (χ2n) is 7.39. The Bertz CT molecular complexity index is 652. The highest BCUT2D eigenvalue weighted by Gasteiger charge is 2.18. The first-order chi connectivity index (χ1) is 16.0. The molecule has 188 valence electrons. The van der Waals surface area contributed by atoms with Gasteiger partial charge in [-0.25, -0.2) is 9.59 Å². The molecule has 1 aromatic carbocycles. The van der Waals surface area contributed by atoms with Gasteiger partial charge in [-0.2, -0.15) is 0 Å². The molecule has 0 aliphatic heterocycles. The number of carboxylic acid groups (broad SMARTS) is 1. The van der Waals surface area contributed by atoms with Crippen LogP contribution in [0.5, 0.6) is 5.75 Å². The van der Waals surface area contributed by atoms with Crippen LogP contribution in [-0.2, 0) is 30.2 Å². The first-order valence-electron chi connectivity index (χ1n) is 11.6. The number of benzene rings is 1. The molecule has 1 amide bonds. The lowest BCUT2D eigenvalue weighted by atomic mass is 10.1. The van der Waals surface area contributed by atoms with E-state index in [0.29, 0.717) is 45.3 Å². The van der Waals surface area contributed by atoms with E-state index in [-0.39, 0.29) is 19.6 Å². The lowest BCUT2D eigenvalue weighted by Gasteiger charge is -2.22. The fraction of sp³-hybridized carbons (Fsp3) is 0.667. The van der Waals surface area contributed by atoms with Gasteiger partial charge in [-0.3, -0.25) is 0 Å². The van der Waals surface area contributed by atoms with Crippen molar-refractivity contribution in [1.82, 2.24) is 4.90 Å². The predicted molar refractivity (Wildman–Crippen MR) is 124 cm³/mol. The molecule has 0 aliphatic carbocycles. The highest BCUT2D eigenvalue weighted by Crippen LogP contribution is 2.15. The normalized spacial score (nSPS) is 11.7. The van der Waals surface area contributed by atoms with Crippen LogP contribution in [-0.4, -0.2) is 88.0 Å². The number of methoxy groups -OCH3 is 1. The van der Waals surface area contributed by atoms with Crippen molar-refractivity contribution in [1.29, 1.82) is 0 Å². The summed E-state index contributed by atoms with van der Waals surface area (Å²) in [6.45, 7) is 6.91. The molecule has 0 radical (unpaired) electrons. The average Bonchev–Trinajstić information content (AvgIpc) is 2.80. The van der Waals surface area contributed by atoms with E-state index in [1.165, 1.54) is 0 Å². The maximum atomic E-state index is 12.4. The molecule has 0 aromatic heterocycles. The molecule has 33 heavy (non-hydrogen) atoms. The largest absolute Gasteiger partial charge is 0.492 e. The topological polar surface area (TPSA) is 104 Å². The number of unbranched alkanes of at least 4 members (excludes halogenated alkanes) is 2. The first-order valence-corrected chi connectivity index (χ1v) is 11.6. The maximum absolute atomic E-state index is 12.4. The fourth-order valence-corrected chi connectivity index (χ4v) is 2.96. The molecule has 1 unspecified atom stereocenters. The van der Waals surface area contributed by atoms with Crippen molar-refractivity contribution in [3.05, 3.63) is 29.8 Å². The molecule has 0 bridgehead atoms. The molecule has 0 saturated heterocycles. The molecular weight excluding hydrogens is 430 g/mol. The van der Waals surface area contributed by atoms with Crippen LogP contribution in [0.25, 0.3) is 0 Å². The van der Waals surface area contributed by atoms with Crippen LogP contribution in [0.1, 0.15) is 38.7 Å². The zero-order valence-corrected chi connectivity index (χ0v) is 20.1. The summed E-state index contributed by atoms with van der Waals surface area (Å²) in [5, 5.41) is 9.21. The van der Waals surface area contributed by atoms with Crippen molar-refractivity contribution in [2.24, 2.45) is 0 Å². The molecule has 0 aliphatic rings. The minimum atomic E-state index is -0.982. The molecule has 1 rings (SSSR count). The second-order valence-corrected chi connectivity index (χ2v) is 7.39. The van der Waals surface area contributed by atoms with E-state index in [4.69, 9.17) is 23.7 Å². The zero-order valence-electron chi connectivity index (χ0n) is 20.1. The van der Waals surface area contributed by atoms with Gasteiger partial charge >= 0.3 is 12.1 Å². The molecule has 0 fully saturated rings.